The van der Waals surface area contributed by atoms with Crippen LogP contribution < -0.4 is 20.4 Å². The van der Waals surface area contributed by atoms with Gasteiger partial charge in [-0.25, -0.2) is 4.79 Å². The lowest BCUT2D eigenvalue weighted by molar-refractivity contribution is 0.262. The van der Waals surface area contributed by atoms with Crippen LogP contribution in [0.25, 0.3) is 0 Å². The first-order valence-electron chi connectivity index (χ1n) is 12.6. The standard InChI is InChI=1S/C30H33ClN4O2/c1-22(34-35(2)28-14-8-6-12-26(28)31)20-21-37-29-15-9-7-13-27(29)33-30(36)32-25-18-16-24(17-19-25)23-10-4-3-5-11-23/h6-9,12-21,23H,3-5,10-11H2,1-2H3,(H2,32,33,36)/b21-20+,34-22-. The second-order valence-corrected chi connectivity index (χ2v) is 9.58. The van der Waals surface area contributed by atoms with Gasteiger partial charge in [-0.05, 0) is 73.7 Å². The number of hydrogen-bond donors (Lipinski definition) is 2. The van der Waals surface area contributed by atoms with Gasteiger partial charge in [0.15, 0.2) is 0 Å². The number of urea groups is 1. The van der Waals surface area contributed by atoms with Crippen molar-refractivity contribution in [1.82, 2.24) is 0 Å². The topological polar surface area (TPSA) is 66.0 Å². The van der Waals surface area contributed by atoms with Crippen LogP contribution in [0.4, 0.5) is 21.9 Å². The lowest BCUT2D eigenvalue weighted by Gasteiger charge is -2.22. The van der Waals surface area contributed by atoms with Crippen molar-refractivity contribution in [2.75, 3.05) is 22.7 Å². The first-order chi connectivity index (χ1) is 18.0. The molecule has 0 unspecified atom stereocenters. The van der Waals surface area contributed by atoms with E-state index in [1.165, 1.54) is 37.7 Å². The molecule has 1 fully saturated rings. The van der Waals surface area contributed by atoms with Crippen molar-refractivity contribution in [3.63, 3.8) is 0 Å². The maximum atomic E-state index is 12.7. The zero-order chi connectivity index (χ0) is 26.0. The molecule has 6 nitrogen and oxygen atoms in total. The SMILES string of the molecule is CC(/C=C/Oc1ccccc1NC(=O)Nc1ccc(C2CCCCC2)cc1)=N/N(C)c1ccccc1Cl. The lowest BCUT2D eigenvalue weighted by atomic mass is 9.84. The Bertz CT molecular complexity index is 1250. The Balaban J connectivity index is 1.33. The molecule has 192 valence electrons. The molecule has 2 amide bonds. The molecule has 0 atom stereocenters. The minimum Gasteiger partial charge on any atom is -0.463 e. The van der Waals surface area contributed by atoms with Crippen molar-refractivity contribution in [3.05, 3.63) is 95.7 Å². The molecule has 3 aromatic rings. The van der Waals surface area contributed by atoms with Gasteiger partial charge in [-0.1, -0.05) is 67.3 Å². The maximum absolute atomic E-state index is 12.7. The quantitative estimate of drug-likeness (QED) is 0.179. The first kappa shape index (κ1) is 26.3. The van der Waals surface area contributed by atoms with Gasteiger partial charge >= 0.3 is 6.03 Å². The number of rotatable bonds is 8. The number of hydrogen-bond acceptors (Lipinski definition) is 4. The maximum Gasteiger partial charge on any atom is 0.323 e. The molecule has 0 heterocycles. The van der Waals surface area contributed by atoms with Gasteiger partial charge in [0.1, 0.15) is 5.75 Å². The molecule has 7 heteroatoms. The Morgan fingerprint density at radius 3 is 2.43 bits per heavy atom. The summed E-state index contributed by atoms with van der Waals surface area (Å²) >= 11 is 6.24. The third-order valence-electron chi connectivity index (χ3n) is 6.39. The van der Waals surface area contributed by atoms with Crippen LogP contribution in [0.2, 0.25) is 5.02 Å². The van der Waals surface area contributed by atoms with Gasteiger partial charge < -0.3 is 15.4 Å². The van der Waals surface area contributed by atoms with Gasteiger partial charge in [-0.3, -0.25) is 5.01 Å². The number of nitrogens with zero attached hydrogens (tertiary/aromatic N) is 2. The van der Waals surface area contributed by atoms with Crippen LogP contribution in [-0.2, 0) is 0 Å². The first-order valence-corrected chi connectivity index (χ1v) is 13.0. The predicted octanol–water partition coefficient (Wildman–Crippen LogP) is 8.44. The molecule has 0 bridgehead atoms. The summed E-state index contributed by atoms with van der Waals surface area (Å²) in [5, 5.41) is 12.6. The van der Waals surface area contributed by atoms with Crippen LogP contribution in [0.3, 0.4) is 0 Å². The van der Waals surface area contributed by atoms with E-state index < -0.39 is 0 Å². The van der Waals surface area contributed by atoms with E-state index >= 15 is 0 Å². The molecule has 1 aliphatic rings. The molecule has 37 heavy (non-hydrogen) atoms. The number of ether oxygens (including phenoxy) is 1. The highest BCUT2D eigenvalue weighted by Crippen LogP contribution is 2.33. The molecular formula is C30H33ClN4O2. The van der Waals surface area contributed by atoms with E-state index in [0.29, 0.717) is 22.4 Å². The number of amides is 2. The number of benzene rings is 3. The summed E-state index contributed by atoms with van der Waals surface area (Å²) in [6.45, 7) is 1.87. The summed E-state index contributed by atoms with van der Waals surface area (Å²) in [6, 6.07) is 22.7. The number of para-hydroxylation sites is 3. The Hall–Kier alpha value is -3.77. The monoisotopic (exact) mass is 516 g/mol. The third-order valence-corrected chi connectivity index (χ3v) is 6.71. The Kier molecular flexibility index (Phi) is 9.22. The van der Waals surface area contributed by atoms with Crippen molar-refractivity contribution in [3.8, 4) is 5.75 Å². The molecule has 1 aliphatic carbocycles. The van der Waals surface area contributed by atoms with E-state index in [2.05, 4.69) is 27.9 Å². The van der Waals surface area contributed by atoms with Crippen molar-refractivity contribution >= 4 is 40.4 Å². The van der Waals surface area contributed by atoms with E-state index in [-0.39, 0.29) is 6.03 Å². The number of hydrazone groups is 1. The molecule has 0 aliphatic heterocycles. The Labute approximate surface area is 224 Å². The average Bonchev–Trinajstić information content (AvgIpc) is 2.91. The van der Waals surface area contributed by atoms with E-state index in [1.807, 2.05) is 62.5 Å². The van der Waals surface area contributed by atoms with Gasteiger partial charge in [0.2, 0.25) is 0 Å². The normalized spacial score (nSPS) is 14.4. The summed E-state index contributed by atoms with van der Waals surface area (Å²) in [5.74, 6) is 1.16. The van der Waals surface area contributed by atoms with Crippen LogP contribution in [0, 0.1) is 0 Å². The number of halogens is 1. The Morgan fingerprint density at radius 2 is 1.68 bits per heavy atom. The smallest absolute Gasteiger partial charge is 0.323 e. The number of allylic oxidation sites excluding steroid dienone is 1. The Morgan fingerprint density at radius 1 is 0.973 bits per heavy atom. The third kappa shape index (κ3) is 7.61. The van der Waals surface area contributed by atoms with Crippen molar-refractivity contribution in [1.29, 1.82) is 0 Å². The van der Waals surface area contributed by atoms with E-state index in [1.54, 1.807) is 29.5 Å². The molecule has 1 saturated carbocycles. The highest BCUT2D eigenvalue weighted by atomic mass is 35.5. The molecule has 2 N–H and O–H groups in total. The van der Waals surface area contributed by atoms with Crippen molar-refractivity contribution in [2.45, 2.75) is 44.9 Å². The zero-order valence-corrected chi connectivity index (χ0v) is 22.0. The molecule has 0 aromatic heterocycles. The van der Waals surface area contributed by atoms with Crippen LogP contribution in [0.15, 0.2) is 90.2 Å². The van der Waals surface area contributed by atoms with E-state index in [0.717, 1.165) is 17.1 Å². The summed E-state index contributed by atoms with van der Waals surface area (Å²) in [4.78, 5) is 12.7. The van der Waals surface area contributed by atoms with Crippen LogP contribution in [0.5, 0.6) is 5.75 Å². The van der Waals surface area contributed by atoms with Gasteiger partial charge in [0.05, 0.1) is 28.4 Å². The van der Waals surface area contributed by atoms with E-state index in [9.17, 15) is 4.79 Å². The van der Waals surface area contributed by atoms with Gasteiger partial charge in [0, 0.05) is 12.7 Å². The minimum atomic E-state index is -0.329. The fraction of sp³-hybridized carbons (Fsp3) is 0.267. The summed E-state index contributed by atoms with van der Waals surface area (Å²) < 4.78 is 5.80. The number of anilines is 3. The van der Waals surface area contributed by atoms with Gasteiger partial charge in [-0.2, -0.15) is 5.10 Å². The van der Waals surface area contributed by atoms with Crippen LogP contribution in [-0.4, -0.2) is 18.8 Å². The highest BCUT2D eigenvalue weighted by molar-refractivity contribution is 6.33. The largest absolute Gasteiger partial charge is 0.463 e. The van der Waals surface area contributed by atoms with Crippen molar-refractivity contribution in [2.24, 2.45) is 5.10 Å². The van der Waals surface area contributed by atoms with Crippen molar-refractivity contribution < 1.29 is 9.53 Å². The lowest BCUT2D eigenvalue weighted by Crippen LogP contribution is -2.19. The van der Waals surface area contributed by atoms with Gasteiger partial charge in [0.25, 0.3) is 0 Å². The molecule has 0 spiro atoms. The number of nitrogens with one attached hydrogen (secondary N) is 2. The fourth-order valence-electron chi connectivity index (χ4n) is 4.48. The summed E-state index contributed by atoms with van der Waals surface area (Å²) in [5.41, 5.74) is 4.20. The highest BCUT2D eigenvalue weighted by Gasteiger charge is 2.15. The predicted molar refractivity (Wildman–Crippen MR) is 154 cm³/mol. The molecule has 4 rings (SSSR count). The second-order valence-electron chi connectivity index (χ2n) is 9.17. The molecule has 0 radical (unpaired) electrons. The number of carbonyl (C=O) groups excluding carboxylic acids is 1. The fourth-order valence-corrected chi connectivity index (χ4v) is 4.73. The second kappa shape index (κ2) is 13.0. The molecular weight excluding hydrogens is 484 g/mol. The van der Waals surface area contributed by atoms with Crippen LogP contribution in [0.1, 0.15) is 50.5 Å². The van der Waals surface area contributed by atoms with Crippen LogP contribution >= 0.6 is 11.6 Å². The summed E-state index contributed by atoms with van der Waals surface area (Å²) in [6.07, 6.45) is 9.74. The average molecular weight is 517 g/mol. The molecule has 0 saturated heterocycles. The summed E-state index contributed by atoms with van der Waals surface area (Å²) in [7, 11) is 1.83. The van der Waals surface area contributed by atoms with E-state index in [4.69, 9.17) is 16.3 Å². The number of carbonyl (C=O) groups is 1. The van der Waals surface area contributed by atoms with Gasteiger partial charge in [-0.15, -0.1) is 0 Å². The molecule has 3 aromatic carbocycles. The minimum absolute atomic E-state index is 0.329. The zero-order valence-electron chi connectivity index (χ0n) is 21.3.